The molecule has 0 spiro atoms. The summed E-state index contributed by atoms with van der Waals surface area (Å²) in [6, 6.07) is 7.85. The second-order valence-electron chi connectivity index (χ2n) is 5.78. The smallest absolute Gasteiger partial charge is 0.224 e. The zero-order chi connectivity index (χ0) is 16.2. The van der Waals surface area contributed by atoms with Crippen molar-refractivity contribution in [2.75, 3.05) is 29.9 Å². The van der Waals surface area contributed by atoms with Crippen LogP contribution in [0.5, 0.6) is 0 Å². The quantitative estimate of drug-likeness (QED) is 0.867. The Morgan fingerprint density at radius 1 is 1.41 bits per heavy atom. The molecule has 5 nitrogen and oxygen atoms in total. The molecule has 1 saturated heterocycles. The van der Waals surface area contributed by atoms with E-state index in [9.17, 15) is 13.2 Å². The Hall–Kier alpha value is -1.56. The summed E-state index contributed by atoms with van der Waals surface area (Å²) in [4.78, 5) is 14.0. The van der Waals surface area contributed by atoms with Gasteiger partial charge in [-0.2, -0.15) is 0 Å². The summed E-state index contributed by atoms with van der Waals surface area (Å²) in [6.07, 6.45) is 0.936. The minimum Gasteiger partial charge on any atom is -0.385 e. The van der Waals surface area contributed by atoms with Gasteiger partial charge in [-0.05, 0) is 38.0 Å². The Labute approximate surface area is 132 Å². The number of sulfone groups is 1. The van der Waals surface area contributed by atoms with E-state index in [1.165, 1.54) is 5.56 Å². The van der Waals surface area contributed by atoms with Crippen molar-refractivity contribution < 1.29 is 13.2 Å². The highest BCUT2D eigenvalue weighted by molar-refractivity contribution is 7.91. The van der Waals surface area contributed by atoms with E-state index in [1.54, 1.807) is 4.90 Å². The van der Waals surface area contributed by atoms with Crippen molar-refractivity contribution >= 4 is 21.4 Å². The van der Waals surface area contributed by atoms with E-state index in [2.05, 4.69) is 5.32 Å². The van der Waals surface area contributed by atoms with Crippen LogP contribution in [-0.2, 0) is 14.6 Å². The van der Waals surface area contributed by atoms with Crippen LogP contribution in [-0.4, -0.2) is 49.9 Å². The predicted octanol–water partition coefficient (Wildman–Crippen LogP) is 1.83. The topological polar surface area (TPSA) is 66.5 Å². The van der Waals surface area contributed by atoms with Gasteiger partial charge in [0.05, 0.1) is 11.5 Å². The van der Waals surface area contributed by atoms with Gasteiger partial charge >= 0.3 is 0 Å². The highest BCUT2D eigenvalue weighted by atomic mass is 32.2. The molecule has 1 aromatic carbocycles. The van der Waals surface area contributed by atoms with Crippen LogP contribution in [0.15, 0.2) is 24.3 Å². The third-order valence-electron chi connectivity index (χ3n) is 4.00. The first-order chi connectivity index (χ1) is 10.4. The summed E-state index contributed by atoms with van der Waals surface area (Å²) in [5.41, 5.74) is 2.17. The number of anilines is 1. The molecule has 2 rings (SSSR count). The molecule has 0 aromatic heterocycles. The lowest BCUT2D eigenvalue weighted by Crippen LogP contribution is -2.41. The fraction of sp³-hybridized carbons (Fsp3) is 0.562. The van der Waals surface area contributed by atoms with E-state index in [-0.39, 0.29) is 23.5 Å². The highest BCUT2D eigenvalue weighted by Crippen LogP contribution is 2.18. The second kappa shape index (κ2) is 7.13. The Morgan fingerprint density at radius 3 is 2.77 bits per heavy atom. The number of amides is 1. The van der Waals surface area contributed by atoms with Gasteiger partial charge in [0.15, 0.2) is 9.84 Å². The number of hydrogen-bond donors (Lipinski definition) is 1. The molecule has 22 heavy (non-hydrogen) atoms. The van der Waals surface area contributed by atoms with Crippen molar-refractivity contribution in [1.29, 1.82) is 0 Å². The number of rotatable bonds is 6. The average molecular weight is 324 g/mol. The molecule has 0 saturated carbocycles. The Balaban J connectivity index is 1.85. The van der Waals surface area contributed by atoms with Gasteiger partial charge in [-0.1, -0.05) is 12.1 Å². The molecule has 1 aliphatic heterocycles. The molecule has 1 unspecified atom stereocenters. The summed E-state index contributed by atoms with van der Waals surface area (Å²) in [5.74, 6) is 0.325. The predicted molar refractivity (Wildman–Crippen MR) is 88.7 cm³/mol. The van der Waals surface area contributed by atoms with E-state index < -0.39 is 9.84 Å². The van der Waals surface area contributed by atoms with Crippen molar-refractivity contribution in [2.45, 2.75) is 32.7 Å². The van der Waals surface area contributed by atoms with Crippen LogP contribution in [0.4, 0.5) is 5.69 Å². The molecule has 0 bridgehead atoms. The van der Waals surface area contributed by atoms with Gasteiger partial charge in [0.2, 0.25) is 5.91 Å². The van der Waals surface area contributed by atoms with Gasteiger partial charge in [-0.25, -0.2) is 8.42 Å². The van der Waals surface area contributed by atoms with E-state index in [0.29, 0.717) is 25.9 Å². The van der Waals surface area contributed by atoms with E-state index >= 15 is 0 Å². The number of nitrogens with zero attached hydrogens (tertiary/aromatic N) is 1. The van der Waals surface area contributed by atoms with Crippen molar-refractivity contribution in [3.8, 4) is 0 Å². The van der Waals surface area contributed by atoms with Crippen LogP contribution >= 0.6 is 0 Å². The van der Waals surface area contributed by atoms with E-state index in [0.717, 1.165) is 5.69 Å². The molecule has 1 N–H and O–H groups in total. The molecule has 0 radical (unpaired) electrons. The maximum Gasteiger partial charge on any atom is 0.224 e. The highest BCUT2D eigenvalue weighted by Gasteiger charge is 2.33. The lowest BCUT2D eigenvalue weighted by molar-refractivity contribution is -0.132. The number of benzene rings is 1. The van der Waals surface area contributed by atoms with Gasteiger partial charge in [0, 0.05) is 31.2 Å². The summed E-state index contributed by atoms with van der Waals surface area (Å²) >= 11 is 0. The maximum absolute atomic E-state index is 12.3. The molecule has 1 heterocycles. The fourth-order valence-corrected chi connectivity index (χ4v) is 4.60. The monoisotopic (exact) mass is 324 g/mol. The molecular weight excluding hydrogens is 300 g/mol. The van der Waals surface area contributed by atoms with Gasteiger partial charge in [-0.15, -0.1) is 0 Å². The molecule has 6 heteroatoms. The van der Waals surface area contributed by atoms with Crippen molar-refractivity contribution in [3.05, 3.63) is 29.8 Å². The minimum atomic E-state index is -2.96. The van der Waals surface area contributed by atoms with Gasteiger partial charge < -0.3 is 10.2 Å². The van der Waals surface area contributed by atoms with Crippen LogP contribution in [0.3, 0.4) is 0 Å². The van der Waals surface area contributed by atoms with E-state index in [1.807, 2.05) is 38.1 Å². The van der Waals surface area contributed by atoms with Crippen LogP contribution in [0, 0.1) is 6.92 Å². The number of aryl methyl sites for hydroxylation is 1. The van der Waals surface area contributed by atoms with Gasteiger partial charge in [0.25, 0.3) is 0 Å². The molecule has 1 fully saturated rings. The first kappa shape index (κ1) is 16.8. The second-order valence-corrected chi connectivity index (χ2v) is 8.01. The Bertz CT molecular complexity index is 628. The molecule has 1 amide bonds. The number of carbonyl (C=O) groups is 1. The largest absolute Gasteiger partial charge is 0.385 e. The SMILES string of the molecule is CCN(C(=O)CCNc1cccc(C)c1)C1CCS(=O)(=O)C1. The maximum atomic E-state index is 12.3. The molecular formula is C16H24N2O3S. The zero-order valence-electron chi connectivity index (χ0n) is 13.2. The summed E-state index contributed by atoms with van der Waals surface area (Å²) in [6.45, 7) is 5.04. The zero-order valence-corrected chi connectivity index (χ0v) is 14.0. The molecule has 1 aliphatic rings. The number of carbonyl (C=O) groups excluding carboxylic acids is 1. The fourth-order valence-electron chi connectivity index (χ4n) is 2.87. The third-order valence-corrected chi connectivity index (χ3v) is 5.75. The van der Waals surface area contributed by atoms with Gasteiger partial charge in [0.1, 0.15) is 0 Å². The Morgan fingerprint density at radius 2 is 2.18 bits per heavy atom. The Kier molecular flexibility index (Phi) is 5.45. The van der Waals surface area contributed by atoms with Crippen molar-refractivity contribution in [3.63, 3.8) is 0 Å². The number of hydrogen-bond acceptors (Lipinski definition) is 4. The molecule has 0 aliphatic carbocycles. The van der Waals surface area contributed by atoms with Crippen LogP contribution < -0.4 is 5.32 Å². The molecule has 1 atom stereocenters. The third kappa shape index (κ3) is 4.47. The lowest BCUT2D eigenvalue weighted by atomic mass is 10.2. The summed E-state index contributed by atoms with van der Waals surface area (Å²) in [7, 11) is -2.96. The van der Waals surface area contributed by atoms with Crippen LogP contribution in [0.1, 0.15) is 25.3 Å². The van der Waals surface area contributed by atoms with Crippen molar-refractivity contribution in [2.24, 2.45) is 0 Å². The minimum absolute atomic E-state index is 0.0183. The normalized spacial score (nSPS) is 19.8. The molecule has 122 valence electrons. The van der Waals surface area contributed by atoms with E-state index in [4.69, 9.17) is 0 Å². The first-order valence-corrected chi connectivity index (χ1v) is 9.54. The first-order valence-electron chi connectivity index (χ1n) is 7.71. The standard InChI is InChI=1S/C16H24N2O3S/c1-3-18(15-8-10-22(20,21)12-15)16(19)7-9-17-14-6-4-5-13(2)11-14/h4-6,11,15,17H,3,7-10,12H2,1-2H3. The van der Waals surface area contributed by atoms with Crippen LogP contribution in [0.2, 0.25) is 0 Å². The van der Waals surface area contributed by atoms with Crippen LogP contribution in [0.25, 0.3) is 0 Å². The average Bonchev–Trinajstić information content (AvgIpc) is 2.80. The number of nitrogens with one attached hydrogen (secondary N) is 1. The van der Waals surface area contributed by atoms with Gasteiger partial charge in [-0.3, -0.25) is 4.79 Å². The molecule has 1 aromatic rings. The van der Waals surface area contributed by atoms with Crippen molar-refractivity contribution in [1.82, 2.24) is 4.90 Å². The lowest BCUT2D eigenvalue weighted by Gasteiger charge is -2.27. The summed E-state index contributed by atoms with van der Waals surface area (Å²) in [5, 5.41) is 3.24. The summed E-state index contributed by atoms with van der Waals surface area (Å²) < 4.78 is 23.1.